The Morgan fingerprint density at radius 3 is 2.00 bits per heavy atom. The molecule has 0 radical (unpaired) electrons. The summed E-state index contributed by atoms with van der Waals surface area (Å²) in [4.78, 5) is 21.4. The maximum atomic E-state index is 10.8. The van der Waals surface area contributed by atoms with Crippen LogP contribution in [0, 0.1) is 0 Å². The molecular formula is C7H13O4P. The molecule has 0 fully saturated rings. The largest absolute Gasteiger partial charge is 0.592 e. The number of hydrogen-bond donors (Lipinski definition) is 0. The van der Waals surface area contributed by atoms with E-state index in [9.17, 15) is 14.3 Å². The van der Waals surface area contributed by atoms with Crippen molar-refractivity contribution in [2.75, 3.05) is 0 Å². The fraction of sp³-hybridized carbons (Fsp3) is 0.857. The first-order valence-electron chi connectivity index (χ1n) is 3.82. The van der Waals surface area contributed by atoms with E-state index in [1.807, 2.05) is 0 Å². The van der Waals surface area contributed by atoms with Crippen molar-refractivity contribution in [3.8, 4) is 0 Å². The van der Waals surface area contributed by atoms with Gasteiger partial charge in [0.05, 0.1) is 0 Å². The Balaban J connectivity index is 4.58. The topological polar surface area (TPSA) is 66.4 Å². The van der Waals surface area contributed by atoms with Gasteiger partial charge in [-0.25, -0.2) is 0 Å². The second-order valence-corrected chi connectivity index (χ2v) is 3.83. The van der Waals surface area contributed by atoms with Crippen molar-refractivity contribution in [2.45, 2.75) is 39.0 Å². The van der Waals surface area contributed by atoms with Crippen LogP contribution in [0.1, 0.15) is 33.6 Å². The smallest absolute Gasteiger partial charge is 0.357 e. The van der Waals surface area contributed by atoms with E-state index in [2.05, 4.69) is 0 Å². The van der Waals surface area contributed by atoms with Crippen LogP contribution in [0.15, 0.2) is 0 Å². The summed E-state index contributed by atoms with van der Waals surface area (Å²) in [5.74, 6) is -0.557. The molecule has 0 N–H and O–H groups in total. The average molecular weight is 192 g/mol. The molecule has 0 heterocycles. The summed E-state index contributed by atoms with van der Waals surface area (Å²) < 4.78 is 15.5. The number of rotatable bonds is 4. The van der Waals surface area contributed by atoms with Crippen LogP contribution in [0.4, 0.5) is 0 Å². The summed E-state index contributed by atoms with van der Waals surface area (Å²) in [5, 5.41) is -1.29. The summed E-state index contributed by atoms with van der Waals surface area (Å²) in [6.45, 7) is 4.56. The summed E-state index contributed by atoms with van der Waals surface area (Å²) in [7, 11) is -2.72. The van der Waals surface area contributed by atoms with Gasteiger partial charge in [-0.1, -0.05) is 18.4 Å². The van der Waals surface area contributed by atoms with E-state index in [0.717, 1.165) is 0 Å². The zero-order valence-electron chi connectivity index (χ0n) is 7.49. The minimum absolute atomic E-state index is 0.293. The van der Waals surface area contributed by atoms with Crippen LogP contribution in [0.3, 0.4) is 0 Å². The van der Waals surface area contributed by atoms with E-state index < -0.39 is 19.3 Å². The van der Waals surface area contributed by atoms with Crippen LogP contribution < -0.4 is 4.89 Å². The Labute approximate surface area is 72.8 Å². The molecule has 0 amide bonds. The van der Waals surface area contributed by atoms with Gasteiger partial charge in [-0.3, -0.25) is 4.79 Å². The summed E-state index contributed by atoms with van der Waals surface area (Å²) in [5.41, 5.74) is 0. The van der Waals surface area contributed by atoms with Gasteiger partial charge in [0, 0.05) is 19.8 Å². The fourth-order valence-electron chi connectivity index (χ4n) is 0.957. The summed E-state index contributed by atoms with van der Waals surface area (Å²) in [6.07, 6.45) is 0.587. The van der Waals surface area contributed by atoms with Crippen LogP contribution in [0.5, 0.6) is 0 Å². The quantitative estimate of drug-likeness (QED) is 0.495. The molecule has 0 bridgehead atoms. The van der Waals surface area contributed by atoms with Crippen molar-refractivity contribution in [2.24, 2.45) is 0 Å². The zero-order chi connectivity index (χ0) is 9.78. The van der Waals surface area contributed by atoms with Gasteiger partial charge in [0.1, 0.15) is 0 Å². The third kappa shape index (κ3) is 2.54. The molecule has 70 valence electrons. The lowest BCUT2D eigenvalue weighted by Crippen LogP contribution is -2.31. The molecule has 5 heteroatoms. The molecule has 0 aliphatic carbocycles. The summed E-state index contributed by atoms with van der Waals surface area (Å²) >= 11 is 0. The Hall–Kier alpha value is -0.470. The van der Waals surface area contributed by atoms with Gasteiger partial charge in [-0.15, -0.1) is 0 Å². The molecular weight excluding hydrogens is 179 g/mol. The van der Waals surface area contributed by atoms with Crippen molar-refractivity contribution >= 4 is 14.0 Å². The molecule has 0 saturated carbocycles. The van der Waals surface area contributed by atoms with E-state index in [0.29, 0.717) is 12.8 Å². The van der Waals surface area contributed by atoms with Crippen LogP contribution in [0.2, 0.25) is 0 Å². The van der Waals surface area contributed by atoms with Crippen LogP contribution in [-0.2, 0) is 14.1 Å². The Morgan fingerprint density at radius 1 is 1.50 bits per heavy atom. The van der Waals surface area contributed by atoms with Crippen molar-refractivity contribution in [3.63, 3.8) is 0 Å². The van der Waals surface area contributed by atoms with E-state index in [1.165, 1.54) is 6.92 Å². The standard InChI is InChI=1S/C7H13O4P/c1-4-7(5-2,12(9)10)11-6(3)8/h4-5H2,1-3H3. The average Bonchev–Trinajstić information content (AvgIpc) is 1.99. The molecule has 1 atom stereocenters. The molecule has 4 nitrogen and oxygen atoms in total. The highest BCUT2D eigenvalue weighted by Gasteiger charge is 2.43. The Kier molecular flexibility index (Phi) is 4.35. The highest BCUT2D eigenvalue weighted by molar-refractivity contribution is 7.38. The molecule has 12 heavy (non-hydrogen) atoms. The number of esters is 1. The fourth-order valence-corrected chi connectivity index (χ4v) is 1.68. The highest BCUT2D eigenvalue weighted by atomic mass is 31.1. The number of ether oxygens (including phenoxy) is 1. The van der Waals surface area contributed by atoms with Gasteiger partial charge in [0.25, 0.3) is 0 Å². The SMILES string of the molecule is CCC(CC)(OC(C)=O)[P+](=O)[O-]. The second kappa shape index (κ2) is 4.53. The predicted octanol–water partition coefficient (Wildman–Crippen LogP) is 1.17. The maximum Gasteiger partial charge on any atom is 0.357 e. The zero-order valence-corrected chi connectivity index (χ0v) is 8.39. The van der Waals surface area contributed by atoms with Crippen molar-refractivity contribution in [3.05, 3.63) is 0 Å². The second-order valence-electron chi connectivity index (χ2n) is 2.50. The monoisotopic (exact) mass is 192 g/mol. The van der Waals surface area contributed by atoms with E-state index in [1.54, 1.807) is 13.8 Å². The molecule has 0 aromatic heterocycles. The van der Waals surface area contributed by atoms with Gasteiger partial charge in [0.15, 0.2) is 0 Å². The number of carbonyl (C=O) groups is 1. The third-order valence-corrected chi connectivity index (χ3v) is 3.16. The van der Waals surface area contributed by atoms with Gasteiger partial charge in [-0.05, 0) is 0 Å². The first-order chi connectivity index (χ1) is 5.48. The molecule has 0 aliphatic rings. The third-order valence-electron chi connectivity index (χ3n) is 1.77. The first kappa shape index (κ1) is 11.5. The predicted molar refractivity (Wildman–Crippen MR) is 42.7 cm³/mol. The lowest BCUT2D eigenvalue weighted by Gasteiger charge is -2.21. The molecule has 0 rings (SSSR count). The van der Waals surface area contributed by atoms with E-state index in [-0.39, 0.29) is 0 Å². The van der Waals surface area contributed by atoms with Gasteiger partial charge in [0.2, 0.25) is 0 Å². The van der Waals surface area contributed by atoms with E-state index in [4.69, 9.17) is 4.74 Å². The minimum Gasteiger partial charge on any atom is -0.592 e. The number of hydrogen-bond acceptors (Lipinski definition) is 4. The Bertz CT molecular complexity index is 186. The van der Waals surface area contributed by atoms with Gasteiger partial charge < -0.3 is 9.63 Å². The molecule has 0 aromatic rings. The molecule has 1 unspecified atom stereocenters. The lowest BCUT2D eigenvalue weighted by atomic mass is 10.2. The molecule has 0 spiro atoms. The van der Waals surface area contributed by atoms with Gasteiger partial charge in [-0.2, -0.15) is 0 Å². The Morgan fingerprint density at radius 2 is 1.92 bits per heavy atom. The first-order valence-corrected chi connectivity index (χ1v) is 5.00. The van der Waals surface area contributed by atoms with Crippen molar-refractivity contribution in [1.29, 1.82) is 0 Å². The van der Waals surface area contributed by atoms with E-state index >= 15 is 0 Å². The molecule has 0 aromatic carbocycles. The number of carbonyl (C=O) groups excluding carboxylic acids is 1. The van der Waals surface area contributed by atoms with Crippen LogP contribution in [0.25, 0.3) is 0 Å². The van der Waals surface area contributed by atoms with Gasteiger partial charge >= 0.3 is 19.3 Å². The lowest BCUT2D eigenvalue weighted by molar-refractivity contribution is -0.188. The minimum atomic E-state index is -2.72. The van der Waals surface area contributed by atoms with Crippen LogP contribution in [-0.4, -0.2) is 11.3 Å². The maximum absolute atomic E-state index is 10.8. The van der Waals surface area contributed by atoms with Crippen molar-refractivity contribution in [1.82, 2.24) is 0 Å². The normalized spacial score (nSPS) is 12.5. The molecule has 0 aliphatic heterocycles. The summed E-state index contributed by atoms with van der Waals surface area (Å²) in [6, 6.07) is 0. The molecule has 0 saturated heterocycles. The van der Waals surface area contributed by atoms with Crippen molar-refractivity contribution < 1.29 is 19.0 Å². The van der Waals surface area contributed by atoms with Crippen LogP contribution >= 0.6 is 8.03 Å². The highest BCUT2D eigenvalue weighted by Crippen LogP contribution is 2.39.